The second-order valence-electron chi connectivity index (χ2n) is 7.12. The summed E-state index contributed by atoms with van der Waals surface area (Å²) >= 11 is 0. The molecule has 1 N–H and O–H groups in total. The highest BCUT2D eigenvalue weighted by Gasteiger charge is 2.21. The lowest BCUT2D eigenvalue weighted by Gasteiger charge is -2.15. The van der Waals surface area contributed by atoms with Crippen molar-refractivity contribution < 1.29 is 14.3 Å². The Morgan fingerprint density at radius 3 is 2.37 bits per heavy atom. The topological polar surface area (TPSA) is 71.5 Å². The molecule has 1 aliphatic heterocycles. The Bertz CT molecular complexity index is 808. The van der Waals surface area contributed by atoms with E-state index >= 15 is 0 Å². The van der Waals surface area contributed by atoms with Crippen LogP contribution < -0.4 is 5.32 Å². The SMILES string of the molecule is O=C(OCc1ccc(C(=O)N2CCCC2)cc1)c1ccc(NC2CC2)nc1. The maximum Gasteiger partial charge on any atom is 0.340 e. The van der Waals surface area contributed by atoms with Gasteiger partial charge in [0.05, 0.1) is 5.56 Å². The molecule has 0 radical (unpaired) electrons. The van der Waals surface area contributed by atoms with E-state index in [1.54, 1.807) is 24.3 Å². The first-order valence-electron chi connectivity index (χ1n) is 9.47. The highest BCUT2D eigenvalue weighted by Crippen LogP contribution is 2.23. The van der Waals surface area contributed by atoms with Gasteiger partial charge in [0.1, 0.15) is 12.4 Å². The van der Waals surface area contributed by atoms with E-state index in [-0.39, 0.29) is 12.5 Å². The monoisotopic (exact) mass is 365 g/mol. The summed E-state index contributed by atoms with van der Waals surface area (Å²) in [7, 11) is 0. The average Bonchev–Trinajstić information content (AvgIpc) is 3.35. The van der Waals surface area contributed by atoms with Crippen LogP contribution in [0.4, 0.5) is 5.82 Å². The van der Waals surface area contributed by atoms with Crippen molar-refractivity contribution >= 4 is 17.7 Å². The Morgan fingerprint density at radius 1 is 1.04 bits per heavy atom. The van der Waals surface area contributed by atoms with Crippen LogP contribution in [-0.2, 0) is 11.3 Å². The number of pyridine rings is 1. The lowest BCUT2D eigenvalue weighted by molar-refractivity contribution is 0.0472. The Kier molecular flexibility index (Phi) is 5.05. The van der Waals surface area contributed by atoms with E-state index in [2.05, 4.69) is 10.3 Å². The number of nitrogens with zero attached hydrogens (tertiary/aromatic N) is 2. The van der Waals surface area contributed by atoms with Crippen molar-refractivity contribution in [3.05, 3.63) is 59.3 Å². The number of rotatable bonds is 6. The van der Waals surface area contributed by atoms with Gasteiger partial charge in [-0.2, -0.15) is 0 Å². The van der Waals surface area contributed by atoms with Crippen molar-refractivity contribution in [3.8, 4) is 0 Å². The van der Waals surface area contributed by atoms with E-state index in [0.29, 0.717) is 17.2 Å². The van der Waals surface area contributed by atoms with E-state index in [1.165, 1.54) is 19.0 Å². The molecular weight excluding hydrogens is 342 g/mol. The first-order chi connectivity index (χ1) is 13.2. The highest BCUT2D eigenvalue weighted by atomic mass is 16.5. The van der Waals surface area contributed by atoms with Crippen molar-refractivity contribution in [2.75, 3.05) is 18.4 Å². The summed E-state index contributed by atoms with van der Waals surface area (Å²) in [6.45, 7) is 1.83. The molecular formula is C21H23N3O3. The van der Waals surface area contributed by atoms with Crippen LogP contribution in [0.5, 0.6) is 0 Å². The summed E-state index contributed by atoms with van der Waals surface area (Å²) in [5.74, 6) is 0.451. The minimum absolute atomic E-state index is 0.0713. The van der Waals surface area contributed by atoms with E-state index < -0.39 is 5.97 Å². The van der Waals surface area contributed by atoms with Crippen molar-refractivity contribution in [1.29, 1.82) is 0 Å². The molecule has 2 fully saturated rings. The lowest BCUT2D eigenvalue weighted by atomic mass is 10.1. The number of hydrogen-bond donors (Lipinski definition) is 1. The Morgan fingerprint density at radius 2 is 1.74 bits per heavy atom. The van der Waals surface area contributed by atoms with Gasteiger partial charge in [-0.25, -0.2) is 9.78 Å². The number of benzene rings is 1. The minimum atomic E-state index is -0.405. The normalized spacial score (nSPS) is 16.2. The third-order valence-electron chi connectivity index (χ3n) is 4.89. The fourth-order valence-electron chi connectivity index (χ4n) is 3.12. The maximum atomic E-state index is 12.3. The predicted octanol–water partition coefficient (Wildman–Crippen LogP) is 3.25. The van der Waals surface area contributed by atoms with Gasteiger partial charge in [0.15, 0.2) is 0 Å². The molecule has 1 saturated heterocycles. The van der Waals surface area contributed by atoms with Crippen LogP contribution in [0.15, 0.2) is 42.6 Å². The van der Waals surface area contributed by atoms with Gasteiger partial charge in [0, 0.05) is 30.9 Å². The molecule has 27 heavy (non-hydrogen) atoms. The second kappa shape index (κ2) is 7.78. The molecule has 1 amide bonds. The van der Waals surface area contributed by atoms with Crippen LogP contribution in [0.1, 0.15) is 52.0 Å². The highest BCUT2D eigenvalue weighted by molar-refractivity contribution is 5.94. The van der Waals surface area contributed by atoms with Crippen LogP contribution in [0.25, 0.3) is 0 Å². The number of anilines is 1. The number of likely N-dealkylation sites (tertiary alicyclic amines) is 1. The molecule has 2 aliphatic rings. The Hall–Kier alpha value is -2.89. The Balaban J connectivity index is 1.29. The number of aromatic nitrogens is 1. The third kappa shape index (κ3) is 4.45. The standard InChI is InChI=1S/C21H23N3O3/c25-20(24-11-1-2-12-24)16-5-3-15(4-6-16)14-27-21(26)17-7-10-19(22-13-17)23-18-8-9-18/h3-7,10,13,18H,1-2,8-9,11-12,14H2,(H,22,23). The number of carbonyl (C=O) groups is 2. The molecule has 2 heterocycles. The quantitative estimate of drug-likeness (QED) is 0.796. The molecule has 4 rings (SSSR count). The fourth-order valence-corrected chi connectivity index (χ4v) is 3.12. The molecule has 140 valence electrons. The summed E-state index contributed by atoms with van der Waals surface area (Å²) < 4.78 is 5.35. The zero-order chi connectivity index (χ0) is 18.6. The van der Waals surface area contributed by atoms with Crippen molar-refractivity contribution in [1.82, 2.24) is 9.88 Å². The molecule has 0 atom stereocenters. The van der Waals surface area contributed by atoms with Crippen LogP contribution in [0.2, 0.25) is 0 Å². The van der Waals surface area contributed by atoms with Gasteiger partial charge in [0.25, 0.3) is 5.91 Å². The van der Waals surface area contributed by atoms with Gasteiger partial charge in [0.2, 0.25) is 0 Å². The van der Waals surface area contributed by atoms with E-state index in [4.69, 9.17) is 4.74 Å². The molecule has 6 nitrogen and oxygen atoms in total. The van der Waals surface area contributed by atoms with E-state index in [0.717, 1.165) is 37.3 Å². The third-order valence-corrected chi connectivity index (χ3v) is 4.89. The predicted molar refractivity (Wildman–Crippen MR) is 102 cm³/mol. The molecule has 2 aromatic rings. The van der Waals surface area contributed by atoms with Crippen LogP contribution in [0, 0.1) is 0 Å². The van der Waals surface area contributed by atoms with Gasteiger partial charge in [-0.1, -0.05) is 12.1 Å². The number of amides is 1. The first kappa shape index (κ1) is 17.5. The lowest BCUT2D eigenvalue weighted by Crippen LogP contribution is -2.27. The molecule has 0 spiro atoms. The van der Waals surface area contributed by atoms with Gasteiger partial charge < -0.3 is 15.0 Å². The zero-order valence-electron chi connectivity index (χ0n) is 15.2. The molecule has 0 bridgehead atoms. The summed E-state index contributed by atoms with van der Waals surface area (Å²) in [5.41, 5.74) is 1.95. The molecule has 1 aliphatic carbocycles. The molecule has 1 aromatic carbocycles. The summed E-state index contributed by atoms with van der Waals surface area (Å²) in [5, 5.41) is 3.28. The number of hydrogen-bond acceptors (Lipinski definition) is 5. The van der Waals surface area contributed by atoms with Gasteiger partial charge >= 0.3 is 5.97 Å². The largest absolute Gasteiger partial charge is 0.457 e. The minimum Gasteiger partial charge on any atom is -0.457 e. The summed E-state index contributed by atoms with van der Waals surface area (Å²) in [6.07, 6.45) is 6.03. The van der Waals surface area contributed by atoms with Crippen molar-refractivity contribution in [2.45, 2.75) is 38.3 Å². The Labute approximate surface area is 158 Å². The van der Waals surface area contributed by atoms with E-state index in [9.17, 15) is 9.59 Å². The van der Waals surface area contributed by atoms with Crippen LogP contribution >= 0.6 is 0 Å². The molecule has 0 unspecified atom stereocenters. The molecule has 1 aromatic heterocycles. The van der Waals surface area contributed by atoms with Gasteiger partial charge in [-0.15, -0.1) is 0 Å². The second-order valence-corrected chi connectivity index (χ2v) is 7.12. The van der Waals surface area contributed by atoms with Crippen LogP contribution in [0.3, 0.4) is 0 Å². The van der Waals surface area contributed by atoms with Gasteiger partial charge in [-0.3, -0.25) is 4.79 Å². The average molecular weight is 365 g/mol. The maximum absolute atomic E-state index is 12.3. The molecule has 1 saturated carbocycles. The zero-order valence-corrected chi connectivity index (χ0v) is 15.2. The van der Waals surface area contributed by atoms with Gasteiger partial charge in [-0.05, 0) is 55.5 Å². The van der Waals surface area contributed by atoms with Crippen molar-refractivity contribution in [2.24, 2.45) is 0 Å². The summed E-state index contributed by atoms with van der Waals surface area (Å²) in [6, 6.07) is 11.3. The number of carbonyl (C=O) groups excluding carboxylic acids is 2. The fraction of sp³-hybridized carbons (Fsp3) is 0.381. The number of ether oxygens (including phenoxy) is 1. The summed E-state index contributed by atoms with van der Waals surface area (Å²) in [4.78, 5) is 30.6. The number of esters is 1. The van der Waals surface area contributed by atoms with Crippen molar-refractivity contribution in [3.63, 3.8) is 0 Å². The number of nitrogens with one attached hydrogen (secondary N) is 1. The smallest absolute Gasteiger partial charge is 0.340 e. The molecule has 6 heteroatoms. The first-order valence-corrected chi connectivity index (χ1v) is 9.47. The van der Waals surface area contributed by atoms with E-state index in [1.807, 2.05) is 17.0 Å². The van der Waals surface area contributed by atoms with Crippen LogP contribution in [-0.4, -0.2) is 40.9 Å².